The molecule has 0 spiro atoms. The van der Waals surface area contributed by atoms with Gasteiger partial charge in [0.15, 0.2) is 0 Å². The number of hydrogen-bond donors (Lipinski definition) is 1. The zero-order chi connectivity index (χ0) is 20.3. The molecule has 29 heavy (non-hydrogen) atoms. The van der Waals surface area contributed by atoms with Crippen LogP contribution in [-0.4, -0.2) is 50.7 Å². The second-order valence-corrected chi connectivity index (χ2v) is 9.40. The van der Waals surface area contributed by atoms with Gasteiger partial charge in [0.2, 0.25) is 0 Å². The van der Waals surface area contributed by atoms with E-state index in [0.717, 1.165) is 36.7 Å². The van der Waals surface area contributed by atoms with Crippen LogP contribution in [0.2, 0.25) is 0 Å². The first-order chi connectivity index (χ1) is 14.0. The van der Waals surface area contributed by atoms with Gasteiger partial charge in [-0.25, -0.2) is 8.42 Å². The van der Waals surface area contributed by atoms with E-state index in [1.807, 2.05) is 48.5 Å². The van der Waals surface area contributed by atoms with E-state index < -0.39 is 16.1 Å². The molecule has 4 rings (SSSR count). The predicted molar refractivity (Wildman–Crippen MR) is 117 cm³/mol. The summed E-state index contributed by atoms with van der Waals surface area (Å²) < 4.78 is 28.4. The van der Waals surface area contributed by atoms with Crippen molar-refractivity contribution in [1.82, 2.24) is 4.90 Å². The monoisotopic (exact) mass is 410 g/mol. The Morgan fingerprint density at radius 3 is 2.28 bits per heavy atom. The maximum absolute atomic E-state index is 13.6. The Hall–Kier alpha value is -2.41. The highest BCUT2D eigenvalue weighted by molar-refractivity contribution is 7.92. The van der Waals surface area contributed by atoms with Crippen molar-refractivity contribution in [3.05, 3.63) is 72.8 Å². The van der Waals surface area contributed by atoms with Crippen LogP contribution in [0.3, 0.4) is 0 Å². The molecular weight excluding hydrogens is 384 g/mol. The average Bonchev–Trinajstić information content (AvgIpc) is 3.25. The minimum absolute atomic E-state index is 0.0235. The lowest BCUT2D eigenvalue weighted by molar-refractivity contribution is 0.132. The van der Waals surface area contributed by atoms with Crippen LogP contribution in [0.4, 0.5) is 5.69 Å². The lowest BCUT2D eigenvalue weighted by atomic mass is 10.1. The lowest BCUT2D eigenvalue weighted by Gasteiger charge is -2.28. The van der Waals surface area contributed by atoms with Crippen LogP contribution < -0.4 is 4.31 Å². The normalized spacial score (nSPS) is 16.2. The van der Waals surface area contributed by atoms with Gasteiger partial charge in [0, 0.05) is 6.54 Å². The van der Waals surface area contributed by atoms with Crippen molar-refractivity contribution in [2.24, 2.45) is 0 Å². The first-order valence-corrected chi connectivity index (χ1v) is 11.4. The summed E-state index contributed by atoms with van der Waals surface area (Å²) in [5, 5.41) is 12.5. The molecule has 1 saturated heterocycles. The molecule has 0 bridgehead atoms. The van der Waals surface area contributed by atoms with Crippen LogP contribution in [0, 0.1) is 0 Å². The molecule has 3 aromatic carbocycles. The SMILES string of the molecule is O=S(=O)(c1ccc2ccccc2c1)N(C[C@@H](O)CN1CCCC1)c1ccccc1. The maximum atomic E-state index is 13.6. The van der Waals surface area contributed by atoms with E-state index in [-0.39, 0.29) is 11.4 Å². The molecular formula is C23H26N2O3S. The highest BCUT2D eigenvalue weighted by atomic mass is 32.2. The minimum atomic E-state index is -3.82. The summed E-state index contributed by atoms with van der Waals surface area (Å²) in [6.07, 6.45) is 1.50. The number of fused-ring (bicyclic) bond motifs is 1. The molecule has 0 unspecified atom stereocenters. The van der Waals surface area contributed by atoms with E-state index in [4.69, 9.17) is 0 Å². The van der Waals surface area contributed by atoms with Gasteiger partial charge in [-0.15, -0.1) is 0 Å². The van der Waals surface area contributed by atoms with E-state index in [2.05, 4.69) is 4.90 Å². The van der Waals surface area contributed by atoms with Crippen LogP contribution in [-0.2, 0) is 10.0 Å². The molecule has 1 fully saturated rings. The third-order valence-corrected chi connectivity index (χ3v) is 7.19. The van der Waals surface area contributed by atoms with Gasteiger partial charge < -0.3 is 10.0 Å². The topological polar surface area (TPSA) is 60.9 Å². The molecule has 0 amide bonds. The van der Waals surface area contributed by atoms with Gasteiger partial charge in [0.05, 0.1) is 23.2 Å². The molecule has 0 aromatic heterocycles. The first kappa shape index (κ1) is 19.9. The highest BCUT2D eigenvalue weighted by Gasteiger charge is 2.28. The number of hydrogen-bond acceptors (Lipinski definition) is 4. The predicted octanol–water partition coefficient (Wildman–Crippen LogP) is 3.49. The van der Waals surface area contributed by atoms with E-state index >= 15 is 0 Å². The molecule has 6 heteroatoms. The van der Waals surface area contributed by atoms with E-state index in [0.29, 0.717) is 12.2 Å². The summed E-state index contributed by atoms with van der Waals surface area (Å²) in [6.45, 7) is 2.42. The van der Waals surface area contributed by atoms with Gasteiger partial charge >= 0.3 is 0 Å². The van der Waals surface area contributed by atoms with E-state index in [1.54, 1.807) is 24.3 Å². The fourth-order valence-corrected chi connectivity index (χ4v) is 5.44. The number of benzene rings is 3. The number of sulfonamides is 1. The highest BCUT2D eigenvalue weighted by Crippen LogP contribution is 2.26. The number of rotatable bonds is 7. The van der Waals surface area contributed by atoms with Gasteiger partial charge in [-0.1, -0.05) is 48.5 Å². The molecule has 0 aliphatic carbocycles. The minimum Gasteiger partial charge on any atom is -0.390 e. The Kier molecular flexibility index (Phi) is 5.85. The lowest BCUT2D eigenvalue weighted by Crippen LogP contribution is -2.42. The molecule has 3 aromatic rings. The Morgan fingerprint density at radius 2 is 1.55 bits per heavy atom. The molecule has 0 saturated carbocycles. The molecule has 1 atom stereocenters. The zero-order valence-electron chi connectivity index (χ0n) is 16.3. The van der Waals surface area contributed by atoms with Gasteiger partial charge in [-0.2, -0.15) is 0 Å². The number of aliphatic hydroxyl groups is 1. The number of nitrogens with zero attached hydrogens (tertiary/aromatic N) is 2. The summed E-state index contributed by atoms with van der Waals surface area (Å²) >= 11 is 0. The number of para-hydroxylation sites is 1. The van der Waals surface area contributed by atoms with E-state index in [1.165, 1.54) is 4.31 Å². The fraction of sp³-hybridized carbons (Fsp3) is 0.304. The van der Waals surface area contributed by atoms with Crippen LogP contribution in [0.1, 0.15) is 12.8 Å². The molecule has 1 N–H and O–H groups in total. The Morgan fingerprint density at radius 1 is 0.897 bits per heavy atom. The molecule has 1 aliphatic heterocycles. The first-order valence-electron chi connectivity index (χ1n) is 10.0. The van der Waals surface area contributed by atoms with Crippen LogP contribution >= 0.6 is 0 Å². The third-order valence-electron chi connectivity index (χ3n) is 5.40. The Bertz CT molecular complexity index is 1060. The molecule has 1 heterocycles. The molecule has 1 aliphatic rings. The standard InChI is InChI=1S/C23H26N2O3S/c26-22(17-24-14-6-7-15-24)18-25(21-10-2-1-3-11-21)29(27,28)23-13-12-19-8-4-5-9-20(19)16-23/h1-5,8-13,16,22,26H,6-7,14-15,17-18H2/t22-/m0/s1. The zero-order valence-corrected chi connectivity index (χ0v) is 17.1. The summed E-state index contributed by atoms with van der Waals surface area (Å²) in [5.74, 6) is 0. The number of likely N-dealkylation sites (tertiary alicyclic amines) is 1. The van der Waals surface area contributed by atoms with Crippen LogP contribution in [0.15, 0.2) is 77.7 Å². The number of β-amino-alcohol motifs (C(OH)–C–C–N with tert-alkyl or cyclic N) is 1. The quantitative estimate of drug-likeness (QED) is 0.648. The Balaban J connectivity index is 1.66. The van der Waals surface area contributed by atoms with Crippen molar-refractivity contribution in [2.75, 3.05) is 30.5 Å². The largest absolute Gasteiger partial charge is 0.390 e. The van der Waals surface area contributed by atoms with Crippen molar-refractivity contribution in [3.63, 3.8) is 0 Å². The Labute approximate surface area is 172 Å². The van der Waals surface area contributed by atoms with Gasteiger partial charge in [-0.3, -0.25) is 4.31 Å². The average molecular weight is 411 g/mol. The van der Waals surface area contributed by atoms with Crippen molar-refractivity contribution in [3.8, 4) is 0 Å². The van der Waals surface area contributed by atoms with E-state index in [9.17, 15) is 13.5 Å². The smallest absolute Gasteiger partial charge is 0.264 e. The molecule has 5 nitrogen and oxygen atoms in total. The van der Waals surface area contributed by atoms with Crippen molar-refractivity contribution >= 4 is 26.5 Å². The van der Waals surface area contributed by atoms with Crippen molar-refractivity contribution in [2.45, 2.75) is 23.8 Å². The van der Waals surface area contributed by atoms with Crippen LogP contribution in [0.25, 0.3) is 10.8 Å². The van der Waals surface area contributed by atoms with Crippen LogP contribution in [0.5, 0.6) is 0 Å². The third kappa shape index (κ3) is 4.45. The number of aliphatic hydroxyl groups excluding tert-OH is 1. The molecule has 0 radical (unpaired) electrons. The van der Waals surface area contributed by atoms with Gasteiger partial charge in [0.25, 0.3) is 10.0 Å². The fourth-order valence-electron chi connectivity index (χ4n) is 3.90. The summed E-state index contributed by atoms with van der Waals surface area (Å²) in [6, 6.07) is 21.9. The summed E-state index contributed by atoms with van der Waals surface area (Å²) in [5.41, 5.74) is 0.557. The van der Waals surface area contributed by atoms with Crippen molar-refractivity contribution in [1.29, 1.82) is 0 Å². The number of anilines is 1. The van der Waals surface area contributed by atoms with Crippen molar-refractivity contribution < 1.29 is 13.5 Å². The second-order valence-electron chi connectivity index (χ2n) is 7.54. The summed E-state index contributed by atoms with van der Waals surface area (Å²) in [7, 11) is -3.82. The van der Waals surface area contributed by atoms with Gasteiger partial charge in [-0.05, 0) is 61.0 Å². The summed E-state index contributed by atoms with van der Waals surface area (Å²) in [4.78, 5) is 2.42. The maximum Gasteiger partial charge on any atom is 0.264 e. The second kappa shape index (κ2) is 8.53. The van der Waals surface area contributed by atoms with Gasteiger partial charge in [0.1, 0.15) is 0 Å². The molecule has 152 valence electrons.